The molecule has 0 aliphatic carbocycles. The van der Waals surface area contributed by atoms with Crippen LogP contribution < -0.4 is 26.6 Å². The average molecular weight is 1840 g/mol. The van der Waals surface area contributed by atoms with Crippen molar-refractivity contribution in [3.8, 4) is 12.3 Å². The Hall–Kier alpha value is -10.2. The van der Waals surface area contributed by atoms with Crippen LogP contribution in [0.4, 0.5) is 0 Å². The summed E-state index contributed by atoms with van der Waals surface area (Å²) in [5.41, 5.74) is -1.02. The Kier molecular flexibility index (Phi) is 33.8. The van der Waals surface area contributed by atoms with Gasteiger partial charge < -0.3 is 181 Å². The molecule has 0 aromatic carbocycles. The van der Waals surface area contributed by atoms with E-state index in [0.29, 0.717) is 0 Å². The molecule has 9 heterocycles. The van der Waals surface area contributed by atoms with E-state index < -0.39 is 339 Å². The zero-order valence-corrected chi connectivity index (χ0v) is 68.4. The lowest BCUT2D eigenvalue weighted by molar-refractivity contribution is -0.315. The maximum atomic E-state index is 13.3. The third-order valence-corrected chi connectivity index (χ3v) is 21.2. The maximum Gasteiger partial charge on any atom is 0.364 e. The normalized spacial score (nSPS) is 32.0. The molecule has 5 fully saturated rings. The second-order valence-corrected chi connectivity index (χ2v) is 31.0. The Balaban J connectivity index is 0.817. The van der Waals surface area contributed by atoms with E-state index in [1.807, 2.05) is 5.92 Å². The summed E-state index contributed by atoms with van der Waals surface area (Å²) >= 11 is 0. The first kappa shape index (κ1) is 102. The molecule has 4 aromatic heterocycles. The number of rotatable bonds is 43. The van der Waals surface area contributed by atoms with E-state index in [9.17, 15) is 155 Å². The third kappa shape index (κ3) is 23.9. The summed E-state index contributed by atoms with van der Waals surface area (Å²) in [6.45, 7) is -3.24. The number of aliphatic carboxylic acids is 5. The monoisotopic (exact) mass is 1840 g/mol. The number of nitrogens with zero attached hydrogens (tertiary/aromatic N) is 12. The number of hydrogen-bond donors (Lipinski definition) is 26. The van der Waals surface area contributed by atoms with E-state index in [4.69, 9.17) is 53.8 Å². The number of aliphatic hydroxyl groups is 16. The van der Waals surface area contributed by atoms with Crippen molar-refractivity contribution in [2.24, 2.45) is 0 Å². The van der Waals surface area contributed by atoms with E-state index in [1.54, 1.807) is 0 Å². The molecule has 9 rings (SSSR count). The van der Waals surface area contributed by atoms with Crippen LogP contribution in [-0.4, -0.2) is 421 Å². The molecule has 58 heteroatoms. The number of aromatic nitrogens is 12. The average Bonchev–Trinajstić information content (AvgIpc) is 1.15. The molecule has 5 aliphatic heterocycles. The lowest BCUT2D eigenvalue weighted by atomic mass is 9.88. The summed E-state index contributed by atoms with van der Waals surface area (Å²) in [5.74, 6) is -25.9. The largest absolute Gasteiger partial charge is 0.477 e. The molecule has 0 spiro atoms. The molecule has 0 radical (unpaired) electrons. The quantitative estimate of drug-likeness (QED) is 0.0183. The maximum absolute atomic E-state index is 13.3. The van der Waals surface area contributed by atoms with Gasteiger partial charge in [0.25, 0.3) is 28.9 Å². The molecular weight excluding hydrogens is 1730 g/mol. The Bertz CT molecular complexity index is 4570. The Morgan fingerprint density at radius 3 is 0.727 bits per heavy atom. The second kappa shape index (κ2) is 42.6. The molecule has 58 nitrogen and oxygen atoms in total. The van der Waals surface area contributed by atoms with Gasteiger partial charge in [0, 0.05) is 66.7 Å². The first-order chi connectivity index (χ1) is 60.0. The Morgan fingerprint density at radius 2 is 0.555 bits per heavy atom. The van der Waals surface area contributed by atoms with Crippen molar-refractivity contribution in [2.45, 2.75) is 301 Å². The van der Waals surface area contributed by atoms with Gasteiger partial charge in [-0.25, -0.2) is 42.7 Å². The summed E-state index contributed by atoms with van der Waals surface area (Å²) in [6, 6.07) is -8.16. The van der Waals surface area contributed by atoms with Gasteiger partial charge in [-0.15, -0.1) is 26.8 Å². The number of carbonyl (C=O) groups is 10. The van der Waals surface area contributed by atoms with Crippen LogP contribution in [0.3, 0.4) is 0 Å². The van der Waals surface area contributed by atoms with Crippen LogP contribution in [-0.2, 0) is 148 Å². The molecule has 30 atom stereocenters. The van der Waals surface area contributed by atoms with Crippen LogP contribution in [0.15, 0.2) is 24.8 Å². The van der Waals surface area contributed by atoms with Crippen molar-refractivity contribution < 1.29 is 203 Å². The number of nitrogens with one attached hydrogen (secondary N) is 5. The Labute approximate surface area is 720 Å². The molecule has 5 saturated heterocycles. The number of terminal acetylenes is 1. The fourth-order valence-electron chi connectivity index (χ4n) is 15.0. The van der Waals surface area contributed by atoms with Crippen LogP contribution in [0, 0.1) is 12.3 Å². The van der Waals surface area contributed by atoms with Crippen molar-refractivity contribution in [2.75, 3.05) is 13.2 Å². The van der Waals surface area contributed by atoms with Gasteiger partial charge in [0.1, 0.15) is 121 Å². The molecule has 712 valence electrons. The van der Waals surface area contributed by atoms with E-state index in [2.05, 4.69) is 67.8 Å². The summed E-state index contributed by atoms with van der Waals surface area (Å²) in [7, 11) is 0. The van der Waals surface area contributed by atoms with Gasteiger partial charge in [0.2, 0.25) is 29.5 Å². The second-order valence-electron chi connectivity index (χ2n) is 31.0. The third-order valence-electron chi connectivity index (χ3n) is 21.2. The van der Waals surface area contributed by atoms with Crippen LogP contribution >= 0.6 is 0 Å². The van der Waals surface area contributed by atoms with Crippen LogP contribution in [0.1, 0.15) is 89.5 Å². The van der Waals surface area contributed by atoms with Crippen LogP contribution in [0.25, 0.3) is 0 Å². The number of carboxylic acid groups (broad SMARTS) is 5. The Morgan fingerprint density at radius 1 is 0.367 bits per heavy atom. The predicted molar refractivity (Wildman–Crippen MR) is 399 cm³/mol. The highest BCUT2D eigenvalue weighted by molar-refractivity contribution is 5.80. The van der Waals surface area contributed by atoms with E-state index in [1.165, 1.54) is 0 Å². The molecule has 0 unspecified atom stereocenters. The molecule has 0 saturated carbocycles. The topological polar surface area (TPSA) is 871 Å². The highest BCUT2D eigenvalue weighted by Crippen LogP contribution is 2.41. The number of ether oxygens (including phenoxy) is 10. The summed E-state index contributed by atoms with van der Waals surface area (Å²) in [4.78, 5) is 126. The van der Waals surface area contributed by atoms with Gasteiger partial charge >= 0.3 is 29.8 Å². The SMILES string of the molecule is C#CCO[C@]1(C(=O)O)C[C@H](O)[C@@H](NC(C)=O)[C@H]([C@H](O)[C@H](O)Cn2cc(CO[C@]3(C(=O)O)C[C@H](O)[C@@H](NC(C)=O)[C@H]([C@H](O)[C@H](O)Cn4cc(CO[C@]5(C(=O)O)C[C@H](O)[C@@H](NC(C)=O)[C@H]([C@H](O)[C@H](O)Cn6cc(CO[C@]7(C(=O)O)C[C@H](O)[C@@H](NC(C)=O)[C@H]([C@H](O)[C@H](O)Cn8cc(CO[C@]9(C(=O)O)C[C@H](O)[C@@H](NC(C)=O)[C@H]([C@H](O)[C@H](O)CO)O9)nn8)O7)nn6)O5)nn4)O3)nn2)O1. The highest BCUT2D eigenvalue weighted by atomic mass is 16.8. The smallest absolute Gasteiger partial charge is 0.364 e. The first-order valence-corrected chi connectivity index (χ1v) is 39.0. The standard InChI is InChI=1S/C70H101N17O41/c1-7-8-119-66(61(109)110)9-36(94)46(71-27(2)89)56(124-66)51(104)41(99)18-84-14-32(76-80-84)23-120-67(62(111)112)10-37(95)47(72-28(3)90)57(125-67)52(105)42(100)19-85-15-33(77-81-85)24-121-68(63(113)114)11-38(96)48(73-29(4)91)58(126-68)53(106)43(101)20-86-16-34(78-82-86)25-122-69(64(115)116)12-39(97)49(74-30(5)92)59(127-69)54(107)44(102)21-87-17-35(79-83-87)26-123-70(65(117)118)13-40(98)50(75-31(6)93)60(128-70)55(108)45(103)22-88/h1,14-17,36-60,88,94-108H,8-13,18-26H2,2-6H3,(H,71,89)(H,72,90)(H,73,91)(H,74,92)(H,75,93)(H,109,110)(H,111,112)(H,113,114)(H,115,116)(H,117,118)/t36-,37-,38-,39-,40-,41+,42+,43+,44+,45+,46+,47+,48+,49+,50+,51+,52+,53+,54+,55+,56+,57+,58+,59+,60+,66+,67+,68+,69+,70+/m0/s1. The van der Waals surface area contributed by atoms with Crippen LogP contribution in [0.2, 0.25) is 0 Å². The predicted octanol–water partition coefficient (Wildman–Crippen LogP) is -15.4. The van der Waals surface area contributed by atoms with E-state index in [0.717, 1.165) is 78.1 Å². The summed E-state index contributed by atoms with van der Waals surface area (Å²) in [5, 5.41) is 274. The number of amides is 5. The van der Waals surface area contributed by atoms with E-state index >= 15 is 0 Å². The van der Waals surface area contributed by atoms with Gasteiger partial charge in [0.05, 0.1) is 145 Å². The number of aliphatic hydroxyl groups excluding tert-OH is 16. The zero-order valence-electron chi connectivity index (χ0n) is 68.4. The number of carboxylic acids is 5. The minimum Gasteiger partial charge on any atom is -0.477 e. The minimum atomic E-state index is -3.00. The lowest BCUT2D eigenvalue weighted by Gasteiger charge is -2.46. The molecule has 128 heavy (non-hydrogen) atoms. The summed E-state index contributed by atoms with van der Waals surface area (Å²) < 4.78 is 60.1. The minimum absolute atomic E-state index is 0.217. The molecule has 5 amide bonds. The van der Waals surface area contributed by atoms with Crippen molar-refractivity contribution in [3.63, 3.8) is 0 Å². The van der Waals surface area contributed by atoms with Gasteiger partial charge in [-0.05, 0) is 0 Å². The number of carbonyl (C=O) groups excluding carboxylic acids is 5. The molecule has 5 aliphatic rings. The molecule has 26 N–H and O–H groups in total. The van der Waals surface area contributed by atoms with Crippen molar-refractivity contribution >= 4 is 59.4 Å². The van der Waals surface area contributed by atoms with Gasteiger partial charge in [-0.3, -0.25) is 24.0 Å². The molecule has 4 aromatic rings. The van der Waals surface area contributed by atoms with Crippen molar-refractivity contribution in [1.29, 1.82) is 0 Å². The van der Waals surface area contributed by atoms with Gasteiger partial charge in [-0.2, -0.15) is 0 Å². The van der Waals surface area contributed by atoms with Crippen molar-refractivity contribution in [3.05, 3.63) is 47.6 Å². The molecule has 0 bridgehead atoms. The lowest BCUT2D eigenvalue weighted by Crippen LogP contribution is -2.67. The fourth-order valence-corrected chi connectivity index (χ4v) is 15.0. The van der Waals surface area contributed by atoms with Crippen molar-refractivity contribution in [1.82, 2.24) is 86.6 Å². The van der Waals surface area contributed by atoms with Crippen LogP contribution in [0.5, 0.6) is 0 Å². The van der Waals surface area contributed by atoms with Gasteiger partial charge in [0.15, 0.2) is 0 Å². The summed E-state index contributed by atoms with van der Waals surface area (Å²) in [6.07, 6.45) is -36.2. The fraction of sp³-hybridized carbons (Fsp3) is 0.714. The van der Waals surface area contributed by atoms with E-state index in [-0.39, 0.29) is 22.8 Å². The van der Waals surface area contributed by atoms with Gasteiger partial charge in [-0.1, -0.05) is 26.8 Å². The highest BCUT2D eigenvalue weighted by Gasteiger charge is 2.62. The zero-order chi connectivity index (χ0) is 94.7. The number of hydrogen-bond acceptors (Lipinski definition) is 44. The molecular formula is C70H101N17O41. The first-order valence-electron chi connectivity index (χ1n) is 39.0.